The molecule has 1 aliphatic heterocycles. The van der Waals surface area contributed by atoms with Crippen LogP contribution in [0, 0.1) is 0 Å². The van der Waals surface area contributed by atoms with Gasteiger partial charge < -0.3 is 0 Å². The quantitative estimate of drug-likeness (QED) is 0.406. The molecule has 0 saturated heterocycles. The van der Waals surface area contributed by atoms with Crippen molar-refractivity contribution >= 4 is 16.5 Å². The van der Waals surface area contributed by atoms with Gasteiger partial charge in [-0.25, -0.2) is 4.79 Å². The maximum absolute atomic E-state index is 10.4. The van der Waals surface area contributed by atoms with Crippen molar-refractivity contribution in [3.05, 3.63) is 34.8 Å². The van der Waals surface area contributed by atoms with Crippen LogP contribution in [0.2, 0.25) is 0 Å². The summed E-state index contributed by atoms with van der Waals surface area (Å²) in [6.07, 6.45) is 6.18. The predicted molar refractivity (Wildman–Crippen MR) is 44.3 cm³/mol. The lowest BCUT2D eigenvalue weighted by molar-refractivity contribution is 0.569. The van der Waals surface area contributed by atoms with Crippen LogP contribution < -0.4 is 0 Å². The second-order valence-electron chi connectivity index (χ2n) is 2.33. The smallest absolute Gasteiger partial charge is 0.241 e. The maximum Gasteiger partial charge on any atom is 0.325 e. The molecular weight excluding hydrogens is 144 g/mol. The molecule has 0 aromatic rings. The Morgan fingerprint density at radius 2 is 2.50 bits per heavy atom. The Kier molecular flexibility index (Phi) is 1.27. The van der Waals surface area contributed by atoms with Crippen LogP contribution in [-0.2, 0) is 15.7 Å². The predicted octanol–water partition coefficient (Wildman–Crippen LogP) is 1.19. The van der Waals surface area contributed by atoms with Gasteiger partial charge >= 0.3 is 5.62 Å². The lowest BCUT2D eigenvalue weighted by Crippen LogP contribution is -1.98. The summed E-state index contributed by atoms with van der Waals surface area (Å²) in [5, 5.41) is 2.06. The molecule has 0 fully saturated rings. The summed E-state index contributed by atoms with van der Waals surface area (Å²) in [6.45, 7) is 0. The zero-order valence-corrected chi connectivity index (χ0v) is 6.23. The van der Waals surface area contributed by atoms with Gasteiger partial charge in [0, 0.05) is 11.1 Å². The van der Waals surface area contributed by atoms with Crippen molar-refractivity contribution in [2.45, 2.75) is 0 Å². The van der Waals surface area contributed by atoms with E-state index in [0.29, 0.717) is 0 Å². The van der Waals surface area contributed by atoms with E-state index in [-0.39, 0.29) is 10.9 Å². The van der Waals surface area contributed by atoms with E-state index >= 15 is 0 Å². The van der Waals surface area contributed by atoms with E-state index in [1.165, 1.54) is 11.1 Å². The van der Waals surface area contributed by atoms with Gasteiger partial charge in [-0.1, -0.05) is 18.2 Å². The Morgan fingerprint density at radius 1 is 1.60 bits per heavy atom. The molecule has 0 bridgehead atoms. The molecule has 10 heavy (non-hydrogen) atoms. The number of rotatable bonds is 1. The molecule has 0 N–H and O–H groups in total. The van der Waals surface area contributed by atoms with Crippen molar-refractivity contribution in [2.75, 3.05) is 5.75 Å². The number of hydrogen-bond donors (Lipinski definition) is 0. The largest absolute Gasteiger partial charge is 0.325 e. The topological polar surface area (TPSA) is 17.1 Å². The highest BCUT2D eigenvalue weighted by Gasteiger charge is 2.28. The molecule has 2 heteroatoms. The molecule has 1 atom stereocenters. The van der Waals surface area contributed by atoms with Crippen LogP contribution in [-0.4, -0.2) is 11.4 Å². The fourth-order valence-corrected chi connectivity index (χ4v) is 2.55. The molecule has 0 amide bonds. The molecule has 2 aliphatic rings. The first kappa shape index (κ1) is 5.98. The lowest BCUT2D eigenvalue weighted by atomic mass is 10.2. The highest BCUT2D eigenvalue weighted by atomic mass is 32.2. The summed E-state index contributed by atoms with van der Waals surface area (Å²) in [7, 11) is -0.105. The molecule has 2 rings (SSSR count). The third-order valence-corrected chi connectivity index (χ3v) is 3.12. The monoisotopic (exact) mass is 151 g/mol. The Labute approximate surface area is 62.5 Å². The Balaban J connectivity index is 2.32. The second-order valence-corrected chi connectivity index (χ2v) is 3.99. The van der Waals surface area contributed by atoms with Gasteiger partial charge in [-0.05, 0) is 0 Å². The molecule has 0 spiro atoms. The molecule has 1 aliphatic carbocycles. The van der Waals surface area contributed by atoms with Crippen LogP contribution >= 0.6 is 0 Å². The Bertz CT molecular complexity index is 260. The number of carbonyl (C=O) groups is 1. The first-order chi connectivity index (χ1) is 4.90. The Hall–Kier alpha value is -0.760. The van der Waals surface area contributed by atoms with Crippen molar-refractivity contribution in [3.63, 3.8) is 0 Å². The number of carbonyl (C=O) groups excluding carboxylic acids is 1. The zero-order valence-electron chi connectivity index (χ0n) is 5.41. The molecule has 1 heterocycles. The minimum Gasteiger partial charge on any atom is -0.241 e. The molecule has 0 aromatic heterocycles. The van der Waals surface area contributed by atoms with Crippen molar-refractivity contribution in [1.82, 2.24) is 0 Å². The SMILES string of the molecule is O=C[S+]1C=C2C=CC=C2C1. The van der Waals surface area contributed by atoms with Crippen LogP contribution in [0.4, 0.5) is 0 Å². The van der Waals surface area contributed by atoms with Crippen LogP contribution in [0.5, 0.6) is 0 Å². The van der Waals surface area contributed by atoms with E-state index in [2.05, 4.69) is 17.6 Å². The van der Waals surface area contributed by atoms with Gasteiger partial charge in [-0.3, -0.25) is 0 Å². The third-order valence-electron chi connectivity index (χ3n) is 1.67. The number of allylic oxidation sites excluding steroid dienone is 4. The van der Waals surface area contributed by atoms with E-state index in [1.807, 2.05) is 6.08 Å². The van der Waals surface area contributed by atoms with E-state index in [4.69, 9.17) is 0 Å². The van der Waals surface area contributed by atoms with Gasteiger partial charge in [0.1, 0.15) is 11.2 Å². The summed E-state index contributed by atoms with van der Waals surface area (Å²) in [5.74, 6) is 0.936. The van der Waals surface area contributed by atoms with Crippen LogP contribution in [0.15, 0.2) is 34.8 Å². The first-order valence-corrected chi connectivity index (χ1v) is 4.65. The molecule has 1 nitrogen and oxygen atoms in total. The molecule has 50 valence electrons. The van der Waals surface area contributed by atoms with E-state index in [1.54, 1.807) is 0 Å². The van der Waals surface area contributed by atoms with E-state index in [0.717, 1.165) is 11.4 Å². The van der Waals surface area contributed by atoms with Crippen molar-refractivity contribution in [2.24, 2.45) is 0 Å². The molecule has 0 radical (unpaired) electrons. The van der Waals surface area contributed by atoms with Gasteiger partial charge in [0.15, 0.2) is 0 Å². The van der Waals surface area contributed by atoms with Gasteiger partial charge in [0.2, 0.25) is 0 Å². The second kappa shape index (κ2) is 2.13. The van der Waals surface area contributed by atoms with Gasteiger partial charge in [0.05, 0.1) is 10.9 Å². The minimum absolute atomic E-state index is 0.105. The average molecular weight is 151 g/mol. The summed E-state index contributed by atoms with van der Waals surface area (Å²) >= 11 is 0. The maximum atomic E-state index is 10.4. The Morgan fingerprint density at radius 3 is 3.20 bits per heavy atom. The van der Waals surface area contributed by atoms with Crippen molar-refractivity contribution in [1.29, 1.82) is 0 Å². The molecular formula is C8H7OS+. The summed E-state index contributed by atoms with van der Waals surface area (Å²) in [4.78, 5) is 10.4. The third kappa shape index (κ3) is 0.762. The average Bonchev–Trinajstić information content (AvgIpc) is 2.42. The molecule has 0 saturated carbocycles. The first-order valence-electron chi connectivity index (χ1n) is 3.13. The highest BCUT2D eigenvalue weighted by molar-refractivity contribution is 8.12. The minimum atomic E-state index is -0.105. The zero-order chi connectivity index (χ0) is 6.97. The summed E-state index contributed by atoms with van der Waals surface area (Å²) in [6, 6.07) is 0. The van der Waals surface area contributed by atoms with Gasteiger partial charge in [-0.2, -0.15) is 0 Å². The van der Waals surface area contributed by atoms with E-state index < -0.39 is 0 Å². The fraction of sp³-hybridized carbons (Fsp3) is 0.125. The summed E-state index contributed by atoms with van der Waals surface area (Å²) in [5.41, 5.74) is 3.63. The fourth-order valence-electron chi connectivity index (χ4n) is 1.16. The standard InChI is InChI=1S/C8H7OS/c9-6-10-4-7-2-1-3-8(7)5-10/h1-4,6H,5H2/q+1. The van der Waals surface area contributed by atoms with E-state index in [9.17, 15) is 4.79 Å². The molecule has 1 unspecified atom stereocenters. The van der Waals surface area contributed by atoms with Crippen LogP contribution in [0.1, 0.15) is 0 Å². The van der Waals surface area contributed by atoms with Crippen LogP contribution in [0.3, 0.4) is 0 Å². The molecule has 0 aromatic carbocycles. The lowest BCUT2D eigenvalue weighted by Gasteiger charge is -1.84. The van der Waals surface area contributed by atoms with Gasteiger partial charge in [-0.15, -0.1) is 0 Å². The number of fused-ring (bicyclic) bond motifs is 1. The normalized spacial score (nSPS) is 27.8. The summed E-state index contributed by atoms with van der Waals surface area (Å²) < 4.78 is 0. The van der Waals surface area contributed by atoms with Gasteiger partial charge in [0.25, 0.3) is 0 Å². The number of hydrogen-bond acceptors (Lipinski definition) is 1. The van der Waals surface area contributed by atoms with Crippen molar-refractivity contribution < 1.29 is 4.79 Å². The van der Waals surface area contributed by atoms with Crippen molar-refractivity contribution in [3.8, 4) is 0 Å². The highest BCUT2D eigenvalue weighted by Crippen LogP contribution is 2.28. The van der Waals surface area contributed by atoms with Crippen LogP contribution in [0.25, 0.3) is 0 Å².